The van der Waals surface area contributed by atoms with Crippen molar-refractivity contribution in [1.82, 2.24) is 9.03 Å². The number of carboxylic acids is 1. The van der Waals surface area contributed by atoms with Crippen molar-refractivity contribution in [3.05, 3.63) is 0 Å². The summed E-state index contributed by atoms with van der Waals surface area (Å²) in [7, 11) is -4.08. The first-order chi connectivity index (χ1) is 9.22. The lowest BCUT2D eigenvalue weighted by atomic mass is 10.0. The van der Waals surface area contributed by atoms with Gasteiger partial charge in [0.15, 0.2) is 0 Å². The molecule has 1 heterocycles. The fourth-order valence-electron chi connectivity index (χ4n) is 2.10. The van der Waals surface area contributed by atoms with Crippen molar-refractivity contribution in [1.29, 1.82) is 0 Å². The van der Waals surface area contributed by atoms with E-state index in [1.807, 2.05) is 0 Å². The molecule has 0 aromatic rings. The van der Waals surface area contributed by atoms with Crippen LogP contribution in [0.3, 0.4) is 0 Å². The minimum atomic E-state index is -4.08. The van der Waals surface area contributed by atoms with E-state index in [1.54, 1.807) is 18.6 Å². The third kappa shape index (κ3) is 4.97. The second-order valence-electron chi connectivity index (χ2n) is 4.92. The molecule has 0 aromatic carbocycles. The molecule has 116 valence electrons. The zero-order valence-electron chi connectivity index (χ0n) is 11.5. The molecule has 1 saturated heterocycles. The Kier molecular flexibility index (Phi) is 5.75. The number of ether oxygens (including phenoxy) is 1. The highest BCUT2D eigenvalue weighted by Gasteiger charge is 2.34. The van der Waals surface area contributed by atoms with Crippen molar-refractivity contribution >= 4 is 22.3 Å². The van der Waals surface area contributed by atoms with Crippen LogP contribution in [0.2, 0.25) is 0 Å². The van der Waals surface area contributed by atoms with E-state index in [0.717, 1.165) is 10.7 Å². The van der Waals surface area contributed by atoms with E-state index in [9.17, 15) is 18.0 Å². The van der Waals surface area contributed by atoms with Gasteiger partial charge in [0.1, 0.15) is 0 Å². The molecule has 0 saturated carbocycles. The van der Waals surface area contributed by atoms with Crippen molar-refractivity contribution < 1.29 is 27.9 Å². The summed E-state index contributed by atoms with van der Waals surface area (Å²) in [5.74, 6) is -1.07. The first-order valence-corrected chi connectivity index (χ1v) is 7.88. The van der Waals surface area contributed by atoms with E-state index in [2.05, 4.69) is 0 Å². The maximum Gasteiger partial charge on any atom is 0.422 e. The number of nitrogens with one attached hydrogen (secondary N) is 1. The Morgan fingerprint density at radius 3 is 2.60 bits per heavy atom. The predicted molar refractivity (Wildman–Crippen MR) is 70.3 cm³/mol. The number of carbonyl (C=O) groups is 2. The minimum absolute atomic E-state index is 0.197. The number of carbonyl (C=O) groups excluding carboxylic acids is 1. The van der Waals surface area contributed by atoms with Gasteiger partial charge in [0.05, 0.1) is 12.5 Å². The summed E-state index contributed by atoms with van der Waals surface area (Å²) >= 11 is 0. The summed E-state index contributed by atoms with van der Waals surface area (Å²) in [6, 6.07) is -0.634. The third-order valence-electron chi connectivity index (χ3n) is 2.85. The molecule has 1 aliphatic heterocycles. The fraction of sp³-hybridized carbons (Fsp3) is 0.818. The second-order valence-corrected chi connectivity index (χ2v) is 6.54. The summed E-state index contributed by atoms with van der Waals surface area (Å²) < 4.78 is 31.7. The maximum absolute atomic E-state index is 12.1. The molecular formula is C11H20N2O6S. The minimum Gasteiger partial charge on any atom is -0.481 e. The molecule has 0 spiro atoms. The summed E-state index contributed by atoms with van der Waals surface area (Å²) in [6.07, 6.45) is 0.0875. The molecule has 1 aliphatic rings. The Morgan fingerprint density at radius 1 is 1.40 bits per heavy atom. The summed E-state index contributed by atoms with van der Waals surface area (Å²) in [5, 5.41) is 8.82. The SMILES string of the molecule is CC(C)OC(=O)NS(=O)(=O)N1CCCCC1CC(=O)O. The highest BCUT2D eigenvalue weighted by atomic mass is 32.2. The van der Waals surface area contributed by atoms with Crippen LogP contribution in [0.15, 0.2) is 0 Å². The van der Waals surface area contributed by atoms with E-state index < -0.39 is 34.4 Å². The molecule has 9 heteroatoms. The standard InChI is InChI=1S/C11H20N2O6S/c1-8(2)19-11(16)12-20(17,18)13-6-4-3-5-9(13)7-10(14)15/h8-9H,3-7H2,1-2H3,(H,12,16)(H,14,15). The molecule has 0 aromatic heterocycles. The van der Waals surface area contributed by atoms with Crippen LogP contribution in [0.25, 0.3) is 0 Å². The Balaban J connectivity index is 2.77. The lowest BCUT2D eigenvalue weighted by Gasteiger charge is -2.33. The van der Waals surface area contributed by atoms with Crippen LogP contribution in [0, 0.1) is 0 Å². The first kappa shape index (κ1) is 16.7. The van der Waals surface area contributed by atoms with E-state index in [-0.39, 0.29) is 13.0 Å². The molecule has 0 bridgehead atoms. The van der Waals surface area contributed by atoms with Crippen molar-refractivity contribution in [2.45, 2.75) is 51.7 Å². The summed E-state index contributed by atoms with van der Waals surface area (Å²) in [5.41, 5.74) is 0. The monoisotopic (exact) mass is 308 g/mol. The van der Waals surface area contributed by atoms with Crippen LogP contribution in [0.1, 0.15) is 39.5 Å². The fourth-order valence-corrected chi connectivity index (χ4v) is 3.42. The Labute approximate surface area is 118 Å². The van der Waals surface area contributed by atoms with Crippen LogP contribution >= 0.6 is 0 Å². The lowest BCUT2D eigenvalue weighted by Crippen LogP contribution is -2.51. The van der Waals surface area contributed by atoms with Gasteiger partial charge in [0.2, 0.25) is 0 Å². The lowest BCUT2D eigenvalue weighted by molar-refractivity contribution is -0.138. The number of nitrogens with zero attached hydrogens (tertiary/aromatic N) is 1. The van der Waals surface area contributed by atoms with Crippen molar-refractivity contribution in [2.75, 3.05) is 6.54 Å². The quantitative estimate of drug-likeness (QED) is 0.772. The third-order valence-corrected chi connectivity index (χ3v) is 4.37. The molecule has 0 radical (unpaired) electrons. The maximum atomic E-state index is 12.1. The number of hydrogen-bond acceptors (Lipinski definition) is 5. The van der Waals surface area contributed by atoms with Crippen LogP contribution in [-0.4, -0.2) is 48.6 Å². The summed E-state index contributed by atoms with van der Waals surface area (Å²) in [6.45, 7) is 3.39. The van der Waals surface area contributed by atoms with Crippen LogP contribution in [-0.2, 0) is 19.7 Å². The summed E-state index contributed by atoms with van der Waals surface area (Å²) in [4.78, 5) is 22.2. The molecule has 1 rings (SSSR count). The first-order valence-electron chi connectivity index (χ1n) is 6.44. The number of piperidine rings is 1. The number of carboxylic acid groups (broad SMARTS) is 1. The van der Waals surface area contributed by atoms with Crippen molar-refractivity contribution in [3.8, 4) is 0 Å². The van der Waals surface area contributed by atoms with Gasteiger partial charge in [-0.25, -0.2) is 9.52 Å². The van der Waals surface area contributed by atoms with E-state index in [1.165, 1.54) is 0 Å². The Bertz CT molecular complexity index is 462. The highest BCUT2D eigenvalue weighted by Crippen LogP contribution is 2.22. The number of hydrogen-bond donors (Lipinski definition) is 2. The second kappa shape index (κ2) is 6.89. The number of rotatable bonds is 5. The average Bonchev–Trinajstić information content (AvgIpc) is 2.26. The molecule has 1 unspecified atom stereocenters. The topological polar surface area (TPSA) is 113 Å². The Morgan fingerprint density at radius 2 is 2.05 bits per heavy atom. The zero-order chi connectivity index (χ0) is 15.3. The van der Waals surface area contributed by atoms with Gasteiger partial charge in [-0.05, 0) is 26.7 Å². The van der Waals surface area contributed by atoms with Crippen molar-refractivity contribution in [3.63, 3.8) is 0 Å². The van der Waals surface area contributed by atoms with Crippen LogP contribution < -0.4 is 4.72 Å². The smallest absolute Gasteiger partial charge is 0.422 e. The van der Waals surface area contributed by atoms with Gasteiger partial charge in [-0.3, -0.25) is 4.79 Å². The van der Waals surface area contributed by atoms with E-state index >= 15 is 0 Å². The predicted octanol–water partition coefficient (Wildman–Crippen LogP) is 0.695. The van der Waals surface area contributed by atoms with Gasteiger partial charge < -0.3 is 9.84 Å². The molecule has 0 aliphatic carbocycles. The van der Waals surface area contributed by atoms with Gasteiger partial charge in [-0.15, -0.1) is 0 Å². The molecule has 2 N–H and O–H groups in total. The highest BCUT2D eigenvalue weighted by molar-refractivity contribution is 7.87. The van der Waals surface area contributed by atoms with Crippen LogP contribution in [0.4, 0.5) is 4.79 Å². The van der Waals surface area contributed by atoms with Gasteiger partial charge in [-0.2, -0.15) is 12.7 Å². The van der Waals surface area contributed by atoms with Gasteiger partial charge in [0, 0.05) is 12.6 Å². The number of amides is 1. The molecule has 1 amide bonds. The van der Waals surface area contributed by atoms with Gasteiger partial charge >= 0.3 is 22.3 Å². The normalized spacial score (nSPS) is 20.6. The molecular weight excluding hydrogens is 288 g/mol. The zero-order valence-corrected chi connectivity index (χ0v) is 12.4. The van der Waals surface area contributed by atoms with Gasteiger partial charge in [0.25, 0.3) is 0 Å². The average molecular weight is 308 g/mol. The van der Waals surface area contributed by atoms with Gasteiger partial charge in [-0.1, -0.05) is 6.42 Å². The van der Waals surface area contributed by atoms with Crippen molar-refractivity contribution in [2.24, 2.45) is 0 Å². The molecule has 1 fully saturated rings. The molecule has 20 heavy (non-hydrogen) atoms. The number of aliphatic carboxylic acids is 1. The Hall–Kier alpha value is -1.35. The molecule has 1 atom stereocenters. The largest absolute Gasteiger partial charge is 0.481 e. The van der Waals surface area contributed by atoms with E-state index in [0.29, 0.717) is 12.8 Å². The van der Waals surface area contributed by atoms with E-state index in [4.69, 9.17) is 9.84 Å². The molecule has 8 nitrogen and oxygen atoms in total. The van der Waals surface area contributed by atoms with Crippen LogP contribution in [0.5, 0.6) is 0 Å².